The van der Waals surface area contributed by atoms with E-state index >= 15 is 0 Å². The van der Waals surface area contributed by atoms with Crippen LogP contribution < -0.4 is 10.2 Å². The van der Waals surface area contributed by atoms with E-state index in [0.29, 0.717) is 47.6 Å². The number of anilines is 1. The summed E-state index contributed by atoms with van der Waals surface area (Å²) < 4.78 is 27.7. The first-order chi connectivity index (χ1) is 13.5. The lowest BCUT2D eigenvalue weighted by Gasteiger charge is -2.34. The van der Waals surface area contributed by atoms with Crippen molar-refractivity contribution in [1.82, 2.24) is 15.2 Å². The van der Waals surface area contributed by atoms with Crippen molar-refractivity contribution in [2.45, 2.75) is 6.54 Å². The Kier molecular flexibility index (Phi) is 5.32. The Morgan fingerprint density at radius 2 is 1.86 bits per heavy atom. The van der Waals surface area contributed by atoms with Gasteiger partial charge >= 0.3 is 6.03 Å². The predicted molar refractivity (Wildman–Crippen MR) is 107 cm³/mol. The SMILES string of the molecule is O=C(NCc1ccc(Cl)cc1)N1CCN(c2nc3c(F)cc(F)cc3s2)CC1. The standard InChI is InChI=1S/C19H17ClF2N4OS/c20-13-3-1-12(2-4-13)11-23-18(27)25-5-7-26(8-6-25)19-24-17-15(22)9-14(21)10-16(17)28-19/h1-4,9-10H,5-8,11H2,(H,23,27). The van der Waals surface area contributed by atoms with Crippen molar-refractivity contribution in [3.63, 3.8) is 0 Å². The summed E-state index contributed by atoms with van der Waals surface area (Å²) in [5.74, 6) is -1.26. The minimum Gasteiger partial charge on any atom is -0.345 e. The van der Waals surface area contributed by atoms with Gasteiger partial charge in [-0.15, -0.1) is 0 Å². The third-order valence-corrected chi connectivity index (χ3v) is 5.91. The van der Waals surface area contributed by atoms with Gasteiger partial charge in [-0.05, 0) is 23.8 Å². The maximum Gasteiger partial charge on any atom is 0.317 e. The van der Waals surface area contributed by atoms with Crippen LogP contribution in [0.2, 0.25) is 5.02 Å². The molecule has 0 spiro atoms. The molecule has 1 aliphatic rings. The first-order valence-corrected chi connectivity index (χ1v) is 9.97. The van der Waals surface area contributed by atoms with Crippen LogP contribution in [-0.2, 0) is 6.54 Å². The molecule has 1 N–H and O–H groups in total. The van der Waals surface area contributed by atoms with Crippen molar-refractivity contribution in [2.24, 2.45) is 0 Å². The highest BCUT2D eigenvalue weighted by Gasteiger charge is 2.23. The lowest BCUT2D eigenvalue weighted by Crippen LogP contribution is -2.51. The normalized spacial score (nSPS) is 14.5. The molecule has 28 heavy (non-hydrogen) atoms. The molecular formula is C19H17ClF2N4OS. The van der Waals surface area contributed by atoms with E-state index in [1.165, 1.54) is 17.4 Å². The average molecular weight is 423 g/mol. The molecule has 2 amide bonds. The van der Waals surface area contributed by atoms with Crippen molar-refractivity contribution >= 4 is 44.3 Å². The highest BCUT2D eigenvalue weighted by Crippen LogP contribution is 2.31. The summed E-state index contributed by atoms with van der Waals surface area (Å²) in [4.78, 5) is 20.4. The van der Waals surface area contributed by atoms with Crippen LogP contribution in [-0.4, -0.2) is 42.1 Å². The number of aromatic nitrogens is 1. The Morgan fingerprint density at radius 1 is 1.14 bits per heavy atom. The summed E-state index contributed by atoms with van der Waals surface area (Å²) in [6, 6.07) is 9.32. The third-order valence-electron chi connectivity index (χ3n) is 4.60. The number of fused-ring (bicyclic) bond motifs is 1. The van der Waals surface area contributed by atoms with Gasteiger partial charge in [0.05, 0.1) is 4.70 Å². The maximum atomic E-state index is 13.9. The number of nitrogens with one attached hydrogen (secondary N) is 1. The number of benzene rings is 2. The van der Waals surface area contributed by atoms with E-state index in [1.54, 1.807) is 17.0 Å². The lowest BCUT2D eigenvalue weighted by molar-refractivity contribution is 0.194. The first-order valence-electron chi connectivity index (χ1n) is 8.77. The molecule has 3 aromatic rings. The molecular weight excluding hydrogens is 406 g/mol. The van der Waals surface area contributed by atoms with Crippen LogP contribution in [0.15, 0.2) is 36.4 Å². The molecule has 2 heterocycles. The molecule has 1 aliphatic heterocycles. The van der Waals surface area contributed by atoms with Crippen LogP contribution in [0, 0.1) is 11.6 Å². The van der Waals surface area contributed by atoms with Crippen LogP contribution in [0.25, 0.3) is 10.2 Å². The van der Waals surface area contributed by atoms with E-state index in [-0.39, 0.29) is 11.5 Å². The molecule has 5 nitrogen and oxygen atoms in total. The summed E-state index contributed by atoms with van der Waals surface area (Å²) in [6.07, 6.45) is 0. The summed E-state index contributed by atoms with van der Waals surface area (Å²) in [6.45, 7) is 2.65. The van der Waals surface area contributed by atoms with Crippen molar-refractivity contribution in [1.29, 1.82) is 0 Å². The monoisotopic (exact) mass is 422 g/mol. The van der Waals surface area contributed by atoms with E-state index < -0.39 is 11.6 Å². The number of thiazole rings is 1. The molecule has 1 aromatic heterocycles. The van der Waals surface area contributed by atoms with Gasteiger partial charge in [0, 0.05) is 43.8 Å². The molecule has 0 radical (unpaired) electrons. The molecule has 0 unspecified atom stereocenters. The summed E-state index contributed by atoms with van der Waals surface area (Å²) in [5, 5.41) is 4.19. The van der Waals surface area contributed by atoms with Gasteiger partial charge in [0.25, 0.3) is 0 Å². The molecule has 146 valence electrons. The van der Waals surface area contributed by atoms with Gasteiger partial charge in [0.2, 0.25) is 0 Å². The van der Waals surface area contributed by atoms with Gasteiger partial charge in [-0.2, -0.15) is 0 Å². The van der Waals surface area contributed by atoms with E-state index in [1.807, 2.05) is 17.0 Å². The zero-order chi connectivity index (χ0) is 19.7. The molecule has 1 fully saturated rings. The zero-order valence-electron chi connectivity index (χ0n) is 14.8. The molecule has 0 aliphatic carbocycles. The number of amides is 2. The summed E-state index contributed by atoms with van der Waals surface area (Å²) in [7, 11) is 0. The van der Waals surface area contributed by atoms with E-state index in [4.69, 9.17) is 11.6 Å². The van der Waals surface area contributed by atoms with Crippen molar-refractivity contribution in [3.05, 3.63) is 58.6 Å². The average Bonchev–Trinajstić information content (AvgIpc) is 3.12. The van der Waals surface area contributed by atoms with E-state index in [9.17, 15) is 13.6 Å². The fourth-order valence-corrected chi connectivity index (χ4v) is 4.26. The van der Waals surface area contributed by atoms with Crippen LogP contribution in [0.5, 0.6) is 0 Å². The predicted octanol–water partition coefficient (Wildman–Crippen LogP) is 4.26. The Hall–Kier alpha value is -2.45. The fourth-order valence-electron chi connectivity index (χ4n) is 3.07. The van der Waals surface area contributed by atoms with Gasteiger partial charge in [-0.3, -0.25) is 0 Å². The molecule has 4 rings (SSSR count). The highest BCUT2D eigenvalue weighted by atomic mass is 35.5. The van der Waals surface area contributed by atoms with Crippen LogP contribution in [0.3, 0.4) is 0 Å². The quantitative estimate of drug-likeness (QED) is 0.686. The molecule has 0 saturated carbocycles. The Balaban J connectivity index is 1.34. The van der Waals surface area contributed by atoms with E-state index in [2.05, 4.69) is 10.3 Å². The summed E-state index contributed by atoms with van der Waals surface area (Å²) in [5.41, 5.74) is 1.16. The second-order valence-corrected chi connectivity index (χ2v) is 7.94. The van der Waals surface area contributed by atoms with Gasteiger partial charge in [-0.25, -0.2) is 18.6 Å². The molecule has 0 atom stereocenters. The number of nitrogens with zero attached hydrogens (tertiary/aromatic N) is 3. The fraction of sp³-hybridized carbons (Fsp3) is 0.263. The second kappa shape index (κ2) is 7.89. The van der Waals surface area contributed by atoms with Gasteiger partial charge in [-0.1, -0.05) is 35.1 Å². The number of urea groups is 1. The number of hydrogen-bond donors (Lipinski definition) is 1. The highest BCUT2D eigenvalue weighted by molar-refractivity contribution is 7.22. The molecule has 9 heteroatoms. The van der Waals surface area contributed by atoms with E-state index in [0.717, 1.165) is 11.6 Å². The zero-order valence-corrected chi connectivity index (χ0v) is 16.4. The van der Waals surface area contributed by atoms with Crippen molar-refractivity contribution in [2.75, 3.05) is 31.1 Å². The van der Waals surface area contributed by atoms with Crippen LogP contribution >= 0.6 is 22.9 Å². The van der Waals surface area contributed by atoms with Crippen LogP contribution in [0.1, 0.15) is 5.56 Å². The van der Waals surface area contributed by atoms with Gasteiger partial charge < -0.3 is 15.1 Å². The smallest absolute Gasteiger partial charge is 0.317 e. The number of hydrogen-bond acceptors (Lipinski definition) is 4. The number of rotatable bonds is 3. The minimum absolute atomic E-state index is 0.132. The minimum atomic E-state index is -0.655. The topological polar surface area (TPSA) is 48.5 Å². The third kappa shape index (κ3) is 4.02. The number of carbonyl (C=O) groups is 1. The van der Waals surface area contributed by atoms with Crippen molar-refractivity contribution < 1.29 is 13.6 Å². The second-order valence-electron chi connectivity index (χ2n) is 6.49. The number of halogens is 3. The van der Waals surface area contributed by atoms with Crippen molar-refractivity contribution in [3.8, 4) is 0 Å². The largest absolute Gasteiger partial charge is 0.345 e. The maximum absolute atomic E-state index is 13.9. The molecule has 0 bridgehead atoms. The summed E-state index contributed by atoms with van der Waals surface area (Å²) >= 11 is 7.11. The first kappa shape index (κ1) is 18.9. The number of carbonyl (C=O) groups excluding carboxylic acids is 1. The Labute approximate surface area is 169 Å². The van der Waals surface area contributed by atoms with Gasteiger partial charge in [0.1, 0.15) is 11.3 Å². The molecule has 2 aromatic carbocycles. The molecule has 1 saturated heterocycles. The van der Waals surface area contributed by atoms with Gasteiger partial charge in [0.15, 0.2) is 10.9 Å². The van der Waals surface area contributed by atoms with Crippen LogP contribution in [0.4, 0.5) is 18.7 Å². The number of piperazine rings is 1. The lowest BCUT2D eigenvalue weighted by atomic mass is 10.2. The Bertz CT molecular complexity index is 1000. The Morgan fingerprint density at radius 3 is 2.57 bits per heavy atom.